The summed E-state index contributed by atoms with van der Waals surface area (Å²) in [4.78, 5) is 29.0. The zero-order chi connectivity index (χ0) is 21.3. The number of hydrogen-bond donors (Lipinski definition) is 0. The van der Waals surface area contributed by atoms with Crippen molar-refractivity contribution in [2.75, 3.05) is 19.6 Å². The van der Waals surface area contributed by atoms with Crippen LogP contribution in [-0.2, 0) is 23.9 Å². The minimum atomic E-state index is -4.58. The van der Waals surface area contributed by atoms with E-state index >= 15 is 0 Å². The SMILES string of the molecule is O=C(c1ccccc1C(F)(F)F)N1CCC(C(=O)N2CCc3ccccc3C2)CC1. The van der Waals surface area contributed by atoms with Crippen LogP contribution in [0.25, 0.3) is 0 Å². The number of rotatable bonds is 2. The molecule has 7 heteroatoms. The summed E-state index contributed by atoms with van der Waals surface area (Å²) in [6.07, 6.45) is -2.81. The van der Waals surface area contributed by atoms with Crippen LogP contribution in [-0.4, -0.2) is 41.2 Å². The molecule has 1 saturated heterocycles. The molecule has 0 aliphatic carbocycles. The Morgan fingerprint density at radius 3 is 2.17 bits per heavy atom. The van der Waals surface area contributed by atoms with E-state index < -0.39 is 17.6 Å². The minimum Gasteiger partial charge on any atom is -0.339 e. The first-order chi connectivity index (χ1) is 14.3. The van der Waals surface area contributed by atoms with Gasteiger partial charge in [-0.15, -0.1) is 0 Å². The molecule has 2 aromatic carbocycles. The van der Waals surface area contributed by atoms with Crippen LogP contribution in [0, 0.1) is 5.92 Å². The summed E-state index contributed by atoms with van der Waals surface area (Å²) in [7, 11) is 0. The van der Waals surface area contributed by atoms with Gasteiger partial charge in [-0.3, -0.25) is 9.59 Å². The van der Waals surface area contributed by atoms with Crippen molar-refractivity contribution in [3.05, 3.63) is 70.8 Å². The Bertz CT molecular complexity index is 949. The van der Waals surface area contributed by atoms with E-state index in [4.69, 9.17) is 0 Å². The van der Waals surface area contributed by atoms with Gasteiger partial charge in [0.2, 0.25) is 5.91 Å². The molecule has 0 aromatic heterocycles. The monoisotopic (exact) mass is 416 g/mol. The quantitative estimate of drug-likeness (QED) is 0.738. The van der Waals surface area contributed by atoms with Crippen LogP contribution >= 0.6 is 0 Å². The Morgan fingerprint density at radius 2 is 1.47 bits per heavy atom. The first-order valence-electron chi connectivity index (χ1n) is 10.2. The van der Waals surface area contributed by atoms with Gasteiger partial charge in [0.15, 0.2) is 0 Å². The number of benzene rings is 2. The second-order valence-electron chi connectivity index (χ2n) is 7.89. The predicted octanol–water partition coefficient (Wildman–Crippen LogP) is 4.14. The highest BCUT2D eigenvalue weighted by atomic mass is 19.4. The third kappa shape index (κ3) is 4.06. The lowest BCUT2D eigenvalue weighted by Gasteiger charge is -2.36. The van der Waals surface area contributed by atoms with Gasteiger partial charge in [-0.25, -0.2) is 0 Å². The van der Waals surface area contributed by atoms with Crippen LogP contribution in [0.5, 0.6) is 0 Å². The Kier molecular flexibility index (Phi) is 5.54. The van der Waals surface area contributed by atoms with E-state index in [2.05, 4.69) is 6.07 Å². The van der Waals surface area contributed by atoms with Gasteiger partial charge < -0.3 is 9.80 Å². The molecule has 158 valence electrons. The molecule has 0 radical (unpaired) electrons. The molecule has 2 aliphatic rings. The lowest BCUT2D eigenvalue weighted by atomic mass is 9.92. The van der Waals surface area contributed by atoms with Crippen LogP contribution in [0.15, 0.2) is 48.5 Å². The fourth-order valence-corrected chi connectivity index (χ4v) is 4.36. The van der Waals surface area contributed by atoms with Crippen LogP contribution in [0.1, 0.15) is 39.9 Å². The summed E-state index contributed by atoms with van der Waals surface area (Å²) in [6.45, 7) is 1.83. The number of carbonyl (C=O) groups is 2. The average molecular weight is 416 g/mol. The van der Waals surface area contributed by atoms with Crippen molar-refractivity contribution >= 4 is 11.8 Å². The van der Waals surface area contributed by atoms with Gasteiger partial charge in [0.05, 0.1) is 11.1 Å². The third-order valence-corrected chi connectivity index (χ3v) is 6.04. The smallest absolute Gasteiger partial charge is 0.339 e. The summed E-state index contributed by atoms with van der Waals surface area (Å²) in [5.41, 5.74) is 1.18. The summed E-state index contributed by atoms with van der Waals surface area (Å²) < 4.78 is 39.7. The van der Waals surface area contributed by atoms with Gasteiger partial charge in [0.25, 0.3) is 5.91 Å². The van der Waals surface area contributed by atoms with Gasteiger partial charge in [0.1, 0.15) is 0 Å². The number of likely N-dealkylation sites (tertiary alicyclic amines) is 1. The second-order valence-corrected chi connectivity index (χ2v) is 7.89. The zero-order valence-electron chi connectivity index (χ0n) is 16.5. The third-order valence-electron chi connectivity index (χ3n) is 6.04. The number of amides is 2. The molecule has 0 atom stereocenters. The Labute approximate surface area is 173 Å². The van der Waals surface area contributed by atoms with Crippen molar-refractivity contribution in [2.45, 2.75) is 32.0 Å². The highest BCUT2D eigenvalue weighted by Gasteiger charge is 2.37. The van der Waals surface area contributed by atoms with Gasteiger partial charge in [-0.1, -0.05) is 36.4 Å². The van der Waals surface area contributed by atoms with Crippen molar-refractivity contribution in [3.8, 4) is 0 Å². The molecule has 2 aliphatic heterocycles. The Balaban J connectivity index is 1.39. The summed E-state index contributed by atoms with van der Waals surface area (Å²) in [5, 5.41) is 0. The fraction of sp³-hybridized carbons (Fsp3) is 0.391. The maximum absolute atomic E-state index is 13.2. The number of nitrogens with zero attached hydrogens (tertiary/aromatic N) is 2. The van der Waals surface area contributed by atoms with Gasteiger partial charge >= 0.3 is 6.18 Å². The van der Waals surface area contributed by atoms with E-state index in [0.717, 1.165) is 18.1 Å². The molecule has 1 fully saturated rings. The van der Waals surface area contributed by atoms with E-state index in [0.29, 0.717) is 25.9 Å². The summed E-state index contributed by atoms with van der Waals surface area (Å²) in [6, 6.07) is 12.9. The maximum Gasteiger partial charge on any atom is 0.417 e. The molecular formula is C23H23F3N2O2. The molecule has 2 amide bonds. The van der Waals surface area contributed by atoms with Crippen molar-refractivity contribution in [1.82, 2.24) is 9.80 Å². The van der Waals surface area contributed by atoms with Gasteiger partial charge in [0, 0.05) is 32.1 Å². The molecule has 4 rings (SSSR count). The van der Waals surface area contributed by atoms with E-state index in [1.807, 2.05) is 23.1 Å². The Hall–Kier alpha value is -2.83. The molecule has 0 spiro atoms. The maximum atomic E-state index is 13.2. The van der Waals surface area contributed by atoms with E-state index in [1.165, 1.54) is 28.7 Å². The van der Waals surface area contributed by atoms with Crippen LogP contribution in [0.2, 0.25) is 0 Å². The predicted molar refractivity (Wildman–Crippen MR) is 106 cm³/mol. The molecule has 30 heavy (non-hydrogen) atoms. The first-order valence-corrected chi connectivity index (χ1v) is 10.2. The lowest BCUT2D eigenvalue weighted by molar-refractivity contribution is -0.138. The van der Waals surface area contributed by atoms with Crippen molar-refractivity contribution in [1.29, 1.82) is 0 Å². The van der Waals surface area contributed by atoms with Crippen LogP contribution < -0.4 is 0 Å². The van der Waals surface area contributed by atoms with E-state index in [1.54, 1.807) is 0 Å². The van der Waals surface area contributed by atoms with E-state index in [-0.39, 0.29) is 30.5 Å². The van der Waals surface area contributed by atoms with E-state index in [9.17, 15) is 22.8 Å². The molecule has 4 nitrogen and oxygen atoms in total. The average Bonchev–Trinajstić information content (AvgIpc) is 2.77. The fourth-order valence-electron chi connectivity index (χ4n) is 4.36. The molecule has 0 unspecified atom stereocenters. The summed E-state index contributed by atoms with van der Waals surface area (Å²) in [5.74, 6) is -0.745. The van der Waals surface area contributed by atoms with Crippen molar-refractivity contribution < 1.29 is 22.8 Å². The highest BCUT2D eigenvalue weighted by molar-refractivity contribution is 5.96. The minimum absolute atomic E-state index is 0.0762. The highest BCUT2D eigenvalue weighted by Crippen LogP contribution is 2.33. The number of halogens is 3. The standard InChI is InChI=1S/C23H23F3N2O2/c24-23(25,26)20-8-4-3-7-19(20)22(30)27-12-10-17(11-13-27)21(29)28-14-9-16-5-1-2-6-18(16)15-28/h1-8,17H,9-15H2. The Morgan fingerprint density at radius 1 is 0.833 bits per heavy atom. The van der Waals surface area contributed by atoms with Crippen molar-refractivity contribution in [2.24, 2.45) is 5.92 Å². The summed E-state index contributed by atoms with van der Waals surface area (Å²) >= 11 is 0. The normalized spacial score (nSPS) is 17.6. The zero-order valence-corrected chi connectivity index (χ0v) is 16.5. The largest absolute Gasteiger partial charge is 0.417 e. The number of fused-ring (bicyclic) bond motifs is 1. The molecule has 2 heterocycles. The molecule has 0 bridgehead atoms. The molecule has 0 saturated carbocycles. The molecule has 2 aromatic rings. The lowest BCUT2D eigenvalue weighted by Crippen LogP contribution is -2.45. The molecular weight excluding hydrogens is 393 g/mol. The second kappa shape index (κ2) is 8.13. The van der Waals surface area contributed by atoms with Crippen molar-refractivity contribution in [3.63, 3.8) is 0 Å². The first kappa shape index (κ1) is 20.4. The topological polar surface area (TPSA) is 40.6 Å². The molecule has 0 N–H and O–H groups in total. The number of carbonyl (C=O) groups excluding carboxylic acids is 2. The van der Waals surface area contributed by atoms with Gasteiger partial charge in [-0.2, -0.15) is 13.2 Å². The van der Waals surface area contributed by atoms with Gasteiger partial charge in [-0.05, 0) is 42.5 Å². The van der Waals surface area contributed by atoms with Crippen LogP contribution in [0.4, 0.5) is 13.2 Å². The number of piperidine rings is 1. The number of alkyl halides is 3. The van der Waals surface area contributed by atoms with Crippen LogP contribution in [0.3, 0.4) is 0 Å². The number of hydrogen-bond acceptors (Lipinski definition) is 2.